The third-order valence-corrected chi connectivity index (χ3v) is 5.93. The molecule has 1 aliphatic rings. The van der Waals surface area contributed by atoms with Crippen molar-refractivity contribution in [3.8, 4) is 11.9 Å². The molecule has 5 aromatic heterocycles. The van der Waals surface area contributed by atoms with E-state index >= 15 is 0 Å². The number of fused-ring (bicyclic) bond motifs is 2. The average molecular weight is 459 g/mol. The second kappa shape index (κ2) is 7.45. The molecule has 1 N–H and O–H groups in total. The van der Waals surface area contributed by atoms with Crippen LogP contribution >= 0.6 is 0 Å². The molecule has 6 heterocycles. The summed E-state index contributed by atoms with van der Waals surface area (Å²) < 4.78 is 31.7. The number of alkyl halides is 1. The Labute approximate surface area is 189 Å². The van der Waals surface area contributed by atoms with Crippen LogP contribution in [0.4, 0.5) is 14.6 Å². The first-order chi connectivity index (χ1) is 16.6. The largest absolute Gasteiger partial charge is 0.345 e. The molecule has 2 atom stereocenters. The molecule has 5 aromatic rings. The first kappa shape index (κ1) is 20.0. The maximum absolute atomic E-state index is 14.9. The number of anilines is 1. The van der Waals surface area contributed by atoms with Crippen LogP contribution in [0.5, 0.6) is 0 Å². The minimum absolute atomic E-state index is 0.00629. The van der Waals surface area contributed by atoms with Gasteiger partial charge in [-0.15, -0.1) is 0 Å². The number of aromatic nitrogens is 7. The molecule has 12 heteroatoms. The maximum Gasteiger partial charge on any atom is 0.286 e. The first-order valence-electron chi connectivity index (χ1n) is 10.4. The van der Waals surface area contributed by atoms with Crippen molar-refractivity contribution in [1.82, 2.24) is 34.1 Å². The number of aromatic amines is 1. The van der Waals surface area contributed by atoms with E-state index in [1.165, 1.54) is 29.5 Å². The van der Waals surface area contributed by atoms with Gasteiger partial charge in [0.25, 0.3) is 5.56 Å². The number of H-pyrrole nitrogens is 1. The van der Waals surface area contributed by atoms with Crippen molar-refractivity contribution >= 4 is 22.4 Å². The summed E-state index contributed by atoms with van der Waals surface area (Å²) in [6, 6.07) is 7.46. The Hall–Kier alpha value is -4.66. The molecule has 0 radical (unpaired) electrons. The third kappa shape index (κ3) is 2.87. The Morgan fingerprint density at radius 1 is 1.21 bits per heavy atom. The number of halogens is 2. The smallest absolute Gasteiger partial charge is 0.286 e. The van der Waals surface area contributed by atoms with Crippen LogP contribution in [0.15, 0.2) is 54.0 Å². The van der Waals surface area contributed by atoms with Crippen LogP contribution in [0.1, 0.15) is 23.9 Å². The summed E-state index contributed by atoms with van der Waals surface area (Å²) in [7, 11) is 0. The van der Waals surface area contributed by atoms with Crippen molar-refractivity contribution in [2.24, 2.45) is 0 Å². The summed E-state index contributed by atoms with van der Waals surface area (Å²) in [5.74, 6) is 0.0257. The van der Waals surface area contributed by atoms with Crippen molar-refractivity contribution in [3.05, 3.63) is 76.7 Å². The lowest BCUT2D eigenvalue weighted by Gasteiger charge is -2.27. The van der Waals surface area contributed by atoms with Gasteiger partial charge >= 0.3 is 0 Å². The molecule has 0 bridgehead atoms. The molecule has 0 unspecified atom stereocenters. The van der Waals surface area contributed by atoms with E-state index in [4.69, 9.17) is 0 Å². The van der Waals surface area contributed by atoms with Gasteiger partial charge in [0.2, 0.25) is 0 Å². The highest BCUT2D eigenvalue weighted by Gasteiger charge is 2.39. The zero-order chi connectivity index (χ0) is 23.4. The molecule has 1 fully saturated rings. The van der Waals surface area contributed by atoms with Gasteiger partial charge in [0.05, 0.1) is 23.5 Å². The van der Waals surface area contributed by atoms with E-state index in [2.05, 4.69) is 31.1 Å². The molecule has 10 nitrogen and oxygen atoms in total. The van der Waals surface area contributed by atoms with E-state index in [0.717, 1.165) is 10.6 Å². The minimum Gasteiger partial charge on any atom is -0.345 e. The summed E-state index contributed by atoms with van der Waals surface area (Å²) in [5.41, 5.74) is -0.163. The molecular formula is C22H15F2N9O. The Balaban J connectivity index is 1.62. The summed E-state index contributed by atoms with van der Waals surface area (Å²) >= 11 is 0. The standard InChI is InChI=1S/C22H15F2N9O/c23-13-7-15(31(10-13)21-17-12(8-25)9-27-19(17)28-11-29-21)20-30-32-6-4-14(24)18(32)22(34)33(20)16-3-1-2-5-26-16/h1-6,9,11,13,15H,7,10H2,(H,27,28,29)/t13-,15-/m0/s1. The Morgan fingerprint density at radius 2 is 2.09 bits per heavy atom. The van der Waals surface area contributed by atoms with Gasteiger partial charge in [-0.2, -0.15) is 10.4 Å². The van der Waals surface area contributed by atoms with Crippen LogP contribution in [0.25, 0.3) is 22.4 Å². The van der Waals surface area contributed by atoms with E-state index in [-0.39, 0.29) is 30.1 Å². The van der Waals surface area contributed by atoms with Crippen LogP contribution < -0.4 is 10.5 Å². The number of rotatable bonds is 3. The average Bonchev–Trinajstić information content (AvgIpc) is 3.55. The van der Waals surface area contributed by atoms with Crippen LogP contribution in [-0.4, -0.2) is 46.8 Å². The van der Waals surface area contributed by atoms with E-state index < -0.39 is 23.6 Å². The summed E-state index contributed by atoms with van der Waals surface area (Å²) in [6.45, 7) is -0.0387. The van der Waals surface area contributed by atoms with Crippen molar-refractivity contribution < 1.29 is 8.78 Å². The number of hydrogen-bond donors (Lipinski definition) is 1. The molecule has 0 aromatic carbocycles. The van der Waals surface area contributed by atoms with Gasteiger partial charge in [-0.1, -0.05) is 6.07 Å². The summed E-state index contributed by atoms with van der Waals surface area (Å²) in [4.78, 5) is 30.8. The fraction of sp³-hybridized carbons (Fsp3) is 0.182. The van der Waals surface area contributed by atoms with Crippen LogP contribution in [0, 0.1) is 17.1 Å². The predicted octanol–water partition coefficient (Wildman–Crippen LogP) is 2.45. The number of hydrogen-bond acceptors (Lipinski definition) is 7. The molecule has 34 heavy (non-hydrogen) atoms. The van der Waals surface area contributed by atoms with Gasteiger partial charge in [-0.05, 0) is 18.2 Å². The van der Waals surface area contributed by atoms with Crippen molar-refractivity contribution in [2.75, 3.05) is 11.4 Å². The maximum atomic E-state index is 14.9. The lowest BCUT2D eigenvalue weighted by atomic mass is 10.1. The molecular weight excluding hydrogens is 444 g/mol. The quantitative estimate of drug-likeness (QED) is 0.440. The molecule has 168 valence electrons. The van der Waals surface area contributed by atoms with Crippen molar-refractivity contribution in [1.29, 1.82) is 5.26 Å². The fourth-order valence-corrected chi connectivity index (χ4v) is 4.49. The second-order valence-corrected chi connectivity index (χ2v) is 7.88. The molecule has 0 aliphatic carbocycles. The van der Waals surface area contributed by atoms with Gasteiger partial charge in [-0.3, -0.25) is 4.79 Å². The first-order valence-corrected chi connectivity index (χ1v) is 10.4. The Kier molecular flexibility index (Phi) is 4.38. The summed E-state index contributed by atoms with van der Waals surface area (Å²) in [5, 5.41) is 14.5. The lowest BCUT2D eigenvalue weighted by molar-refractivity contribution is 0.354. The van der Waals surface area contributed by atoms with Crippen LogP contribution in [-0.2, 0) is 0 Å². The SMILES string of the molecule is N#Cc1c[nH]c2ncnc(N3C[C@@H](F)C[C@H]3c3nn4ccc(F)c4c(=O)n3-c3ccccn3)c12. The van der Waals surface area contributed by atoms with Gasteiger partial charge < -0.3 is 9.88 Å². The van der Waals surface area contributed by atoms with E-state index in [1.54, 1.807) is 23.1 Å². The highest BCUT2D eigenvalue weighted by atomic mass is 19.1. The molecule has 0 amide bonds. The highest BCUT2D eigenvalue weighted by Crippen LogP contribution is 2.39. The molecule has 1 aliphatic heterocycles. The Morgan fingerprint density at radius 3 is 2.88 bits per heavy atom. The minimum atomic E-state index is -1.26. The fourth-order valence-electron chi connectivity index (χ4n) is 4.49. The third-order valence-electron chi connectivity index (χ3n) is 5.93. The number of nitriles is 1. The second-order valence-electron chi connectivity index (χ2n) is 7.88. The van der Waals surface area contributed by atoms with Crippen molar-refractivity contribution in [3.63, 3.8) is 0 Å². The summed E-state index contributed by atoms with van der Waals surface area (Å²) in [6.07, 6.45) is 4.42. The van der Waals surface area contributed by atoms with Gasteiger partial charge in [0.1, 0.15) is 35.9 Å². The Bertz CT molecular complexity index is 1650. The van der Waals surface area contributed by atoms with E-state index in [9.17, 15) is 18.8 Å². The number of nitrogens with one attached hydrogen (secondary N) is 1. The van der Waals surface area contributed by atoms with Crippen LogP contribution in [0.3, 0.4) is 0 Å². The number of nitrogens with zero attached hydrogens (tertiary/aromatic N) is 8. The van der Waals surface area contributed by atoms with Gasteiger partial charge in [0.15, 0.2) is 17.2 Å². The normalized spacial score (nSPS) is 18.1. The van der Waals surface area contributed by atoms with Crippen LogP contribution in [0.2, 0.25) is 0 Å². The van der Waals surface area contributed by atoms with E-state index in [1.807, 2.05) is 0 Å². The van der Waals surface area contributed by atoms with Gasteiger partial charge in [-0.25, -0.2) is 32.8 Å². The predicted molar refractivity (Wildman–Crippen MR) is 117 cm³/mol. The van der Waals surface area contributed by atoms with E-state index in [0.29, 0.717) is 22.4 Å². The van der Waals surface area contributed by atoms with Gasteiger partial charge in [0, 0.05) is 25.0 Å². The van der Waals surface area contributed by atoms with Crippen molar-refractivity contribution in [2.45, 2.75) is 18.6 Å². The highest BCUT2D eigenvalue weighted by molar-refractivity contribution is 5.93. The zero-order valence-electron chi connectivity index (χ0n) is 17.4. The molecule has 0 spiro atoms. The lowest BCUT2D eigenvalue weighted by Crippen LogP contribution is -2.34. The topological polar surface area (TPSA) is 121 Å². The number of pyridine rings is 1. The monoisotopic (exact) mass is 459 g/mol. The molecule has 0 saturated carbocycles. The zero-order valence-corrected chi connectivity index (χ0v) is 17.4. The molecule has 1 saturated heterocycles. The molecule has 6 rings (SSSR count).